The van der Waals surface area contributed by atoms with E-state index in [1.54, 1.807) is 0 Å². The summed E-state index contributed by atoms with van der Waals surface area (Å²) in [5, 5.41) is 21.4. The van der Waals surface area contributed by atoms with E-state index < -0.39 is 22.4 Å². The SMILES string of the molecule is O=[N+]([O-])c1ccc(Cl)c(-c2ncc(-c3ccc(C(F)(F)F)cc3O)s2)c1. The molecule has 0 bridgehead atoms. The molecule has 0 aliphatic heterocycles. The van der Waals surface area contributed by atoms with Crippen molar-refractivity contribution in [2.75, 3.05) is 0 Å². The van der Waals surface area contributed by atoms with Crippen LogP contribution >= 0.6 is 22.9 Å². The number of thiazole rings is 1. The number of nitro benzene ring substituents is 1. The predicted molar refractivity (Wildman–Crippen MR) is 91.3 cm³/mol. The van der Waals surface area contributed by atoms with Crippen molar-refractivity contribution in [2.45, 2.75) is 6.18 Å². The Morgan fingerprint density at radius 2 is 1.88 bits per heavy atom. The Morgan fingerprint density at radius 1 is 1.15 bits per heavy atom. The van der Waals surface area contributed by atoms with E-state index in [9.17, 15) is 28.4 Å². The predicted octanol–water partition coefficient (Wildman–Crippen LogP) is 5.76. The molecule has 0 aliphatic carbocycles. The fourth-order valence-electron chi connectivity index (χ4n) is 2.23. The number of nitro groups is 1. The molecule has 26 heavy (non-hydrogen) atoms. The van der Waals surface area contributed by atoms with Crippen molar-refractivity contribution in [2.24, 2.45) is 0 Å². The summed E-state index contributed by atoms with van der Waals surface area (Å²) in [6.07, 6.45) is -3.21. The second-order valence-electron chi connectivity index (χ2n) is 5.18. The first kappa shape index (κ1) is 18.2. The minimum atomic E-state index is -4.56. The fourth-order valence-corrected chi connectivity index (χ4v) is 3.47. The molecule has 10 heteroatoms. The Labute approximate surface area is 153 Å². The third-order valence-electron chi connectivity index (χ3n) is 3.49. The number of aromatic hydroxyl groups is 1. The topological polar surface area (TPSA) is 76.3 Å². The van der Waals surface area contributed by atoms with Crippen molar-refractivity contribution >= 4 is 28.6 Å². The number of benzene rings is 2. The third-order valence-corrected chi connectivity index (χ3v) is 4.88. The van der Waals surface area contributed by atoms with Crippen LogP contribution < -0.4 is 0 Å². The van der Waals surface area contributed by atoms with Gasteiger partial charge in [0, 0.05) is 29.5 Å². The molecule has 1 heterocycles. The lowest BCUT2D eigenvalue weighted by Gasteiger charge is -2.08. The van der Waals surface area contributed by atoms with Gasteiger partial charge >= 0.3 is 6.18 Å². The van der Waals surface area contributed by atoms with Gasteiger partial charge in [-0.1, -0.05) is 11.6 Å². The van der Waals surface area contributed by atoms with Gasteiger partial charge in [0.1, 0.15) is 10.8 Å². The molecule has 1 N–H and O–H groups in total. The van der Waals surface area contributed by atoms with Crippen molar-refractivity contribution in [3.05, 3.63) is 63.3 Å². The average Bonchev–Trinajstić information content (AvgIpc) is 3.03. The van der Waals surface area contributed by atoms with Crippen LogP contribution in [0.3, 0.4) is 0 Å². The maximum absolute atomic E-state index is 12.7. The summed E-state index contributed by atoms with van der Waals surface area (Å²) >= 11 is 7.10. The van der Waals surface area contributed by atoms with Gasteiger partial charge in [-0.25, -0.2) is 4.98 Å². The highest BCUT2D eigenvalue weighted by Gasteiger charge is 2.31. The smallest absolute Gasteiger partial charge is 0.416 e. The largest absolute Gasteiger partial charge is 0.507 e. The second-order valence-corrected chi connectivity index (χ2v) is 6.62. The first-order chi connectivity index (χ1) is 12.2. The summed E-state index contributed by atoms with van der Waals surface area (Å²) in [6.45, 7) is 0. The lowest BCUT2D eigenvalue weighted by atomic mass is 10.1. The van der Waals surface area contributed by atoms with Crippen LogP contribution in [-0.4, -0.2) is 15.0 Å². The Bertz CT molecular complexity index is 1000. The minimum Gasteiger partial charge on any atom is -0.507 e. The zero-order valence-corrected chi connectivity index (χ0v) is 14.2. The lowest BCUT2D eigenvalue weighted by molar-refractivity contribution is -0.384. The van der Waals surface area contributed by atoms with E-state index in [2.05, 4.69) is 4.98 Å². The molecule has 0 spiro atoms. The molecule has 3 rings (SSSR count). The van der Waals surface area contributed by atoms with E-state index in [-0.39, 0.29) is 16.3 Å². The summed E-state index contributed by atoms with van der Waals surface area (Å²) in [7, 11) is 0. The van der Waals surface area contributed by atoms with Gasteiger partial charge in [-0.2, -0.15) is 13.2 Å². The molecule has 0 fully saturated rings. The highest BCUT2D eigenvalue weighted by atomic mass is 35.5. The van der Waals surface area contributed by atoms with Crippen LogP contribution in [0.25, 0.3) is 21.0 Å². The molecule has 0 amide bonds. The minimum absolute atomic E-state index is 0.168. The second kappa shape index (κ2) is 6.58. The molecule has 0 atom stereocenters. The Morgan fingerprint density at radius 3 is 2.50 bits per heavy atom. The quantitative estimate of drug-likeness (QED) is 0.447. The Kier molecular flexibility index (Phi) is 4.59. The molecule has 2 aromatic carbocycles. The highest BCUT2D eigenvalue weighted by Crippen LogP contribution is 2.41. The van der Waals surface area contributed by atoms with Gasteiger partial charge in [0.25, 0.3) is 5.69 Å². The van der Waals surface area contributed by atoms with Gasteiger partial charge in [0.15, 0.2) is 0 Å². The van der Waals surface area contributed by atoms with E-state index in [4.69, 9.17) is 11.6 Å². The molecular weight excluding hydrogens is 393 g/mol. The molecular formula is C16H8ClF3N2O3S. The third kappa shape index (κ3) is 3.49. The van der Waals surface area contributed by atoms with Crippen molar-refractivity contribution in [1.29, 1.82) is 0 Å². The van der Waals surface area contributed by atoms with E-state index in [0.29, 0.717) is 21.5 Å². The zero-order valence-electron chi connectivity index (χ0n) is 12.6. The van der Waals surface area contributed by atoms with Gasteiger partial charge in [0.2, 0.25) is 0 Å². The number of hydrogen-bond acceptors (Lipinski definition) is 5. The normalized spacial score (nSPS) is 11.5. The van der Waals surface area contributed by atoms with Gasteiger partial charge < -0.3 is 5.11 Å². The van der Waals surface area contributed by atoms with Crippen LogP contribution in [0, 0.1) is 10.1 Å². The molecule has 134 valence electrons. The number of hydrogen-bond donors (Lipinski definition) is 1. The van der Waals surface area contributed by atoms with Crippen LogP contribution in [-0.2, 0) is 6.18 Å². The van der Waals surface area contributed by atoms with Gasteiger partial charge in [-0.3, -0.25) is 10.1 Å². The number of phenolic OH excluding ortho intramolecular Hbond substituents is 1. The fraction of sp³-hybridized carbons (Fsp3) is 0.0625. The summed E-state index contributed by atoms with van der Waals surface area (Å²) in [4.78, 5) is 14.8. The number of rotatable bonds is 3. The molecule has 0 unspecified atom stereocenters. The van der Waals surface area contributed by atoms with E-state index in [1.807, 2.05) is 0 Å². The lowest BCUT2D eigenvalue weighted by Crippen LogP contribution is -2.04. The van der Waals surface area contributed by atoms with Crippen molar-refractivity contribution < 1.29 is 23.2 Å². The Hall–Kier alpha value is -2.65. The van der Waals surface area contributed by atoms with Crippen molar-refractivity contribution in [1.82, 2.24) is 4.98 Å². The monoisotopic (exact) mass is 400 g/mol. The number of aromatic nitrogens is 1. The summed E-state index contributed by atoms with van der Waals surface area (Å²) < 4.78 is 38.1. The van der Waals surface area contributed by atoms with Crippen LogP contribution in [0.1, 0.15) is 5.56 Å². The van der Waals surface area contributed by atoms with Crippen LogP contribution in [0.5, 0.6) is 5.75 Å². The number of phenols is 1. The van der Waals surface area contributed by atoms with E-state index in [1.165, 1.54) is 24.4 Å². The standard InChI is InChI=1S/C16H8ClF3N2O3S/c17-12-4-2-9(22(24)25)6-11(12)15-21-7-14(26-15)10-3-1-8(5-13(10)23)16(18,19)20/h1-7,23H. The Balaban J connectivity index is 2.01. The summed E-state index contributed by atoms with van der Waals surface area (Å²) in [5.74, 6) is -0.542. The average molecular weight is 401 g/mol. The highest BCUT2D eigenvalue weighted by molar-refractivity contribution is 7.18. The van der Waals surface area contributed by atoms with Gasteiger partial charge in [-0.15, -0.1) is 11.3 Å². The number of non-ortho nitro benzene ring substituents is 1. The number of halogens is 4. The molecule has 0 aliphatic rings. The maximum atomic E-state index is 12.7. The maximum Gasteiger partial charge on any atom is 0.416 e. The van der Waals surface area contributed by atoms with E-state index in [0.717, 1.165) is 23.5 Å². The summed E-state index contributed by atoms with van der Waals surface area (Å²) in [5.41, 5.74) is -0.643. The molecule has 0 radical (unpaired) electrons. The van der Waals surface area contributed by atoms with Crippen LogP contribution in [0.2, 0.25) is 5.02 Å². The van der Waals surface area contributed by atoms with Gasteiger partial charge in [-0.05, 0) is 24.3 Å². The first-order valence-electron chi connectivity index (χ1n) is 6.97. The first-order valence-corrected chi connectivity index (χ1v) is 8.17. The number of alkyl halides is 3. The zero-order chi connectivity index (χ0) is 19.1. The van der Waals surface area contributed by atoms with Crippen LogP contribution in [0.15, 0.2) is 42.6 Å². The molecule has 0 saturated carbocycles. The number of nitrogens with zero attached hydrogens (tertiary/aromatic N) is 2. The van der Waals surface area contributed by atoms with Crippen LogP contribution in [0.4, 0.5) is 18.9 Å². The molecule has 3 aromatic rings. The van der Waals surface area contributed by atoms with Gasteiger partial charge in [0.05, 0.1) is 20.4 Å². The van der Waals surface area contributed by atoms with E-state index >= 15 is 0 Å². The molecule has 0 saturated heterocycles. The summed E-state index contributed by atoms with van der Waals surface area (Å²) in [6, 6.07) is 6.51. The van der Waals surface area contributed by atoms with Crippen molar-refractivity contribution in [3.8, 4) is 26.8 Å². The molecule has 5 nitrogen and oxygen atoms in total. The van der Waals surface area contributed by atoms with Crippen molar-refractivity contribution in [3.63, 3.8) is 0 Å². The molecule has 1 aromatic heterocycles.